The third-order valence-corrected chi connectivity index (χ3v) is 6.71. The van der Waals surface area contributed by atoms with Crippen molar-refractivity contribution in [2.45, 2.75) is 26.9 Å². The lowest BCUT2D eigenvalue weighted by molar-refractivity contribution is -0.137. The Morgan fingerprint density at radius 1 is 1.00 bits per heavy atom. The quantitative estimate of drug-likeness (QED) is 0.506. The summed E-state index contributed by atoms with van der Waals surface area (Å²) in [6.45, 7) is 3.81. The molecule has 0 amide bonds. The lowest BCUT2D eigenvalue weighted by Crippen LogP contribution is -2.27. The molecule has 0 spiro atoms. The van der Waals surface area contributed by atoms with E-state index in [4.69, 9.17) is 14.8 Å². The Hall–Kier alpha value is -0.890. The third-order valence-electron chi connectivity index (χ3n) is 2.97. The van der Waals surface area contributed by atoms with Gasteiger partial charge in [-0.2, -0.15) is 13.2 Å². The topological polar surface area (TPSA) is 108 Å². The zero-order valence-corrected chi connectivity index (χ0v) is 15.7. The van der Waals surface area contributed by atoms with Crippen molar-refractivity contribution in [2.75, 3.05) is 25.6 Å². The predicted molar refractivity (Wildman–Crippen MR) is 87.4 cm³/mol. The molecule has 0 heterocycles. The minimum atomic E-state index is -4.88. The molecule has 25 heavy (non-hydrogen) atoms. The molecule has 3 N–H and O–H groups in total. The summed E-state index contributed by atoms with van der Waals surface area (Å²) in [6.07, 6.45) is -4.88. The highest BCUT2D eigenvalue weighted by molar-refractivity contribution is 7.64. The van der Waals surface area contributed by atoms with Gasteiger partial charge in [0.15, 0.2) is 0 Å². The van der Waals surface area contributed by atoms with Crippen molar-refractivity contribution in [2.24, 2.45) is 0 Å². The molecule has 144 valence electrons. The Bertz CT molecular complexity index is 700. The summed E-state index contributed by atoms with van der Waals surface area (Å²) in [5, 5.41) is -1.44. The molecule has 1 rings (SSSR count). The van der Waals surface area contributed by atoms with Crippen LogP contribution in [-0.2, 0) is 28.9 Å². The van der Waals surface area contributed by atoms with Crippen LogP contribution in [-0.4, -0.2) is 24.7 Å². The zero-order chi connectivity index (χ0) is 19.5. The molecule has 0 radical (unpaired) electrons. The maximum absolute atomic E-state index is 13.2. The van der Waals surface area contributed by atoms with Gasteiger partial charge in [-0.25, -0.2) is 0 Å². The number of nitrogens with two attached hydrogens (primary N) is 1. The SMILES string of the molecule is CCOP(=O)(O)c1cc(C(F)(F)F)cc(P(=O)(OCC)OCC)c1N. The van der Waals surface area contributed by atoms with E-state index in [1.807, 2.05) is 0 Å². The van der Waals surface area contributed by atoms with E-state index in [0.717, 1.165) is 0 Å². The first-order valence-corrected chi connectivity index (χ1v) is 10.4. The molecule has 1 aromatic carbocycles. The van der Waals surface area contributed by atoms with E-state index in [1.54, 1.807) is 0 Å². The van der Waals surface area contributed by atoms with Crippen LogP contribution >= 0.6 is 15.2 Å². The van der Waals surface area contributed by atoms with Crippen molar-refractivity contribution in [3.63, 3.8) is 0 Å². The van der Waals surface area contributed by atoms with Crippen molar-refractivity contribution < 1.29 is 40.8 Å². The Morgan fingerprint density at radius 3 is 1.84 bits per heavy atom. The second-order valence-corrected chi connectivity index (χ2v) is 8.47. The van der Waals surface area contributed by atoms with E-state index in [2.05, 4.69) is 4.52 Å². The number of benzene rings is 1. The molecule has 0 fully saturated rings. The van der Waals surface area contributed by atoms with Gasteiger partial charge >= 0.3 is 21.4 Å². The monoisotopic (exact) mass is 405 g/mol. The molecule has 0 aliphatic heterocycles. The van der Waals surface area contributed by atoms with Gasteiger partial charge in [-0.05, 0) is 32.9 Å². The van der Waals surface area contributed by atoms with Crippen LogP contribution in [0, 0.1) is 0 Å². The van der Waals surface area contributed by atoms with Crippen LogP contribution in [0.2, 0.25) is 0 Å². The van der Waals surface area contributed by atoms with Gasteiger partial charge in [0.1, 0.15) is 0 Å². The van der Waals surface area contributed by atoms with Crippen molar-refractivity contribution >= 4 is 31.5 Å². The average Bonchev–Trinajstić information content (AvgIpc) is 2.46. The van der Waals surface area contributed by atoms with E-state index < -0.39 is 43.2 Å². The molecular weight excluding hydrogens is 385 g/mol. The van der Waals surface area contributed by atoms with Gasteiger partial charge in [0.05, 0.1) is 41.7 Å². The molecule has 1 aromatic rings. The smallest absolute Gasteiger partial charge is 0.397 e. The Labute approximate surface area is 143 Å². The Kier molecular flexibility index (Phi) is 7.27. The summed E-state index contributed by atoms with van der Waals surface area (Å²) in [6, 6.07) is 0.897. The minimum Gasteiger partial charge on any atom is -0.397 e. The number of hydrogen-bond acceptors (Lipinski definition) is 6. The number of halogens is 3. The van der Waals surface area contributed by atoms with Crippen molar-refractivity contribution in [3.8, 4) is 0 Å². The maximum atomic E-state index is 13.2. The fourth-order valence-corrected chi connectivity index (χ4v) is 5.06. The lowest BCUT2D eigenvalue weighted by atomic mass is 10.2. The number of nitrogen functional groups attached to an aromatic ring is 1. The standard InChI is InChI=1S/C13H20F3NO6P2/c1-4-21-24(18,19)10-7-9(13(14,15)16)8-11(12(10)17)25(20,22-5-2)23-6-3/h7-8H,4-6,17H2,1-3H3,(H,18,19). The maximum Gasteiger partial charge on any atom is 0.416 e. The van der Waals surface area contributed by atoms with Crippen molar-refractivity contribution in [3.05, 3.63) is 17.7 Å². The highest BCUT2D eigenvalue weighted by atomic mass is 31.2. The van der Waals surface area contributed by atoms with Crippen LogP contribution in [0.3, 0.4) is 0 Å². The Balaban J connectivity index is 3.78. The second kappa shape index (κ2) is 8.20. The first-order chi connectivity index (χ1) is 11.4. The largest absolute Gasteiger partial charge is 0.416 e. The van der Waals surface area contributed by atoms with Crippen LogP contribution in [0.25, 0.3) is 0 Å². The Morgan fingerprint density at radius 2 is 1.44 bits per heavy atom. The van der Waals surface area contributed by atoms with Gasteiger partial charge in [-0.1, -0.05) is 0 Å². The number of hydrogen-bond donors (Lipinski definition) is 2. The van der Waals surface area contributed by atoms with E-state index >= 15 is 0 Å². The molecular formula is C13H20F3NO6P2. The molecule has 12 heteroatoms. The first kappa shape index (κ1) is 22.2. The fraction of sp³-hybridized carbons (Fsp3) is 0.538. The highest BCUT2D eigenvalue weighted by Crippen LogP contribution is 2.51. The van der Waals surface area contributed by atoms with Gasteiger partial charge < -0.3 is 24.2 Å². The summed E-state index contributed by atoms with van der Waals surface area (Å²) in [5.74, 6) is 0. The summed E-state index contributed by atoms with van der Waals surface area (Å²) >= 11 is 0. The highest BCUT2D eigenvalue weighted by Gasteiger charge is 2.40. The predicted octanol–water partition coefficient (Wildman–Crippen LogP) is 3.03. The lowest BCUT2D eigenvalue weighted by Gasteiger charge is -2.23. The summed E-state index contributed by atoms with van der Waals surface area (Å²) in [7, 11) is -8.90. The van der Waals surface area contributed by atoms with E-state index in [-0.39, 0.29) is 19.8 Å². The number of rotatable bonds is 8. The fourth-order valence-electron chi connectivity index (χ4n) is 2.01. The van der Waals surface area contributed by atoms with Crippen LogP contribution in [0.4, 0.5) is 18.9 Å². The van der Waals surface area contributed by atoms with Gasteiger partial charge in [0.25, 0.3) is 0 Å². The molecule has 0 aromatic heterocycles. The van der Waals surface area contributed by atoms with Crippen molar-refractivity contribution in [1.29, 1.82) is 0 Å². The van der Waals surface area contributed by atoms with Gasteiger partial charge in [0.2, 0.25) is 0 Å². The molecule has 0 saturated carbocycles. The van der Waals surface area contributed by atoms with E-state index in [0.29, 0.717) is 12.1 Å². The minimum absolute atomic E-state index is 0.134. The van der Waals surface area contributed by atoms with E-state index in [9.17, 15) is 27.2 Å². The second-order valence-electron chi connectivity index (χ2n) is 4.70. The van der Waals surface area contributed by atoms with Gasteiger partial charge in [0, 0.05) is 0 Å². The van der Waals surface area contributed by atoms with Crippen LogP contribution in [0.1, 0.15) is 26.3 Å². The summed E-state index contributed by atoms with van der Waals surface area (Å²) in [5.41, 5.74) is 3.83. The molecule has 1 atom stereocenters. The third kappa shape index (κ3) is 5.06. The molecule has 7 nitrogen and oxygen atoms in total. The number of alkyl halides is 3. The van der Waals surface area contributed by atoms with Crippen LogP contribution in [0.5, 0.6) is 0 Å². The first-order valence-electron chi connectivity index (χ1n) is 7.31. The normalized spacial score (nSPS) is 15.2. The van der Waals surface area contributed by atoms with E-state index in [1.165, 1.54) is 20.8 Å². The molecule has 0 aliphatic rings. The van der Waals surface area contributed by atoms with Crippen LogP contribution in [0.15, 0.2) is 12.1 Å². The summed E-state index contributed by atoms with van der Waals surface area (Å²) in [4.78, 5) is 9.92. The molecule has 1 unspecified atom stereocenters. The average molecular weight is 405 g/mol. The molecule has 0 saturated heterocycles. The zero-order valence-electron chi connectivity index (χ0n) is 13.9. The van der Waals surface area contributed by atoms with Crippen LogP contribution < -0.4 is 16.3 Å². The number of anilines is 1. The van der Waals surface area contributed by atoms with Gasteiger partial charge in [-0.15, -0.1) is 0 Å². The van der Waals surface area contributed by atoms with Gasteiger partial charge in [-0.3, -0.25) is 9.13 Å². The van der Waals surface area contributed by atoms with Crippen molar-refractivity contribution in [1.82, 2.24) is 0 Å². The molecule has 0 aliphatic carbocycles. The molecule has 0 bridgehead atoms. The summed E-state index contributed by atoms with van der Waals surface area (Å²) < 4.78 is 79.3.